The lowest BCUT2D eigenvalue weighted by Gasteiger charge is -2.36. The van der Waals surface area contributed by atoms with Crippen molar-refractivity contribution in [3.05, 3.63) is 21.9 Å². The van der Waals surface area contributed by atoms with Crippen molar-refractivity contribution in [3.63, 3.8) is 0 Å². The van der Waals surface area contributed by atoms with E-state index in [1.54, 1.807) is 10.4 Å². The molecule has 1 aromatic rings. The van der Waals surface area contributed by atoms with Crippen LogP contribution in [-0.4, -0.2) is 25.0 Å². The maximum Gasteiger partial charge on any atom is 0.0356 e. The van der Waals surface area contributed by atoms with Crippen molar-refractivity contribution >= 4 is 11.3 Å². The highest BCUT2D eigenvalue weighted by Gasteiger charge is 2.28. The monoisotopic (exact) mass is 252 g/mol. The van der Waals surface area contributed by atoms with E-state index in [1.807, 2.05) is 11.3 Å². The Hall–Kier alpha value is -0.380. The summed E-state index contributed by atoms with van der Waals surface area (Å²) in [4.78, 5) is 4.09. The summed E-state index contributed by atoms with van der Waals surface area (Å²) in [6.45, 7) is 6.33. The third kappa shape index (κ3) is 2.90. The number of hydrogen-bond acceptors (Lipinski definition) is 3. The SMILES string of the molecule is CN(CC(C)(C)CN)C1CCCc2sccc21. The molecule has 1 unspecified atom stereocenters. The standard InChI is InChI=1S/C14H24N2S/c1-14(2,9-15)10-16(3)12-5-4-6-13-11(12)7-8-17-13/h7-8,12H,4-6,9-10,15H2,1-3H3. The van der Waals surface area contributed by atoms with Crippen LogP contribution >= 0.6 is 11.3 Å². The van der Waals surface area contributed by atoms with Crippen LogP contribution in [-0.2, 0) is 6.42 Å². The smallest absolute Gasteiger partial charge is 0.0356 e. The number of nitrogens with two attached hydrogens (primary N) is 1. The molecule has 0 fully saturated rings. The highest BCUT2D eigenvalue weighted by Crippen LogP contribution is 2.37. The molecule has 0 aromatic carbocycles. The Kier molecular flexibility index (Phi) is 3.91. The van der Waals surface area contributed by atoms with Crippen molar-refractivity contribution < 1.29 is 0 Å². The first-order valence-electron chi connectivity index (χ1n) is 6.50. The van der Waals surface area contributed by atoms with Gasteiger partial charge in [0.05, 0.1) is 0 Å². The summed E-state index contributed by atoms with van der Waals surface area (Å²) in [6.07, 6.45) is 3.89. The highest BCUT2D eigenvalue weighted by molar-refractivity contribution is 7.10. The van der Waals surface area contributed by atoms with E-state index >= 15 is 0 Å². The zero-order chi connectivity index (χ0) is 12.5. The average molecular weight is 252 g/mol. The molecule has 1 aliphatic rings. The van der Waals surface area contributed by atoms with Gasteiger partial charge in [-0.15, -0.1) is 11.3 Å². The normalized spacial score (nSPS) is 20.6. The van der Waals surface area contributed by atoms with Crippen molar-refractivity contribution in [1.82, 2.24) is 4.90 Å². The van der Waals surface area contributed by atoms with Crippen LogP contribution in [0.15, 0.2) is 11.4 Å². The van der Waals surface area contributed by atoms with Crippen LogP contribution < -0.4 is 5.73 Å². The quantitative estimate of drug-likeness (QED) is 0.892. The number of thiophene rings is 1. The zero-order valence-electron chi connectivity index (χ0n) is 11.2. The van der Waals surface area contributed by atoms with Crippen molar-refractivity contribution in [2.24, 2.45) is 11.1 Å². The van der Waals surface area contributed by atoms with Crippen molar-refractivity contribution in [2.75, 3.05) is 20.1 Å². The summed E-state index contributed by atoms with van der Waals surface area (Å²) in [5, 5.41) is 2.24. The lowest BCUT2D eigenvalue weighted by Crippen LogP contribution is -2.39. The summed E-state index contributed by atoms with van der Waals surface area (Å²) in [5.74, 6) is 0. The molecule has 0 amide bonds. The summed E-state index contributed by atoms with van der Waals surface area (Å²) in [5.41, 5.74) is 7.61. The second-order valence-electron chi connectivity index (χ2n) is 5.99. The number of hydrogen-bond donors (Lipinski definition) is 1. The molecule has 0 saturated carbocycles. The minimum absolute atomic E-state index is 0.211. The number of fused-ring (bicyclic) bond motifs is 1. The minimum atomic E-state index is 0.211. The molecule has 96 valence electrons. The molecule has 0 saturated heterocycles. The first kappa shape index (κ1) is 13.1. The second-order valence-corrected chi connectivity index (χ2v) is 6.99. The van der Waals surface area contributed by atoms with Crippen LogP contribution in [0.3, 0.4) is 0 Å². The van der Waals surface area contributed by atoms with Gasteiger partial charge in [0.2, 0.25) is 0 Å². The van der Waals surface area contributed by atoms with Crippen LogP contribution in [0.2, 0.25) is 0 Å². The van der Waals surface area contributed by atoms with Crippen LogP contribution in [0.1, 0.15) is 43.2 Å². The van der Waals surface area contributed by atoms with Crippen molar-refractivity contribution in [3.8, 4) is 0 Å². The van der Waals surface area contributed by atoms with Gasteiger partial charge in [-0.25, -0.2) is 0 Å². The first-order valence-corrected chi connectivity index (χ1v) is 7.38. The molecule has 1 aliphatic carbocycles. The third-order valence-electron chi connectivity index (χ3n) is 3.78. The van der Waals surface area contributed by atoms with E-state index in [0.717, 1.165) is 13.1 Å². The summed E-state index contributed by atoms with van der Waals surface area (Å²) >= 11 is 1.92. The molecule has 2 nitrogen and oxygen atoms in total. The van der Waals surface area contributed by atoms with E-state index in [9.17, 15) is 0 Å². The summed E-state index contributed by atoms with van der Waals surface area (Å²) in [6, 6.07) is 2.92. The second kappa shape index (κ2) is 5.09. The first-order chi connectivity index (χ1) is 8.03. The van der Waals surface area contributed by atoms with Crippen LogP contribution in [0.4, 0.5) is 0 Å². The lowest BCUT2D eigenvalue weighted by atomic mass is 9.89. The maximum atomic E-state index is 5.83. The molecule has 1 atom stereocenters. The molecular formula is C14H24N2S. The number of rotatable bonds is 4. The fraction of sp³-hybridized carbons (Fsp3) is 0.714. The van der Waals surface area contributed by atoms with E-state index < -0.39 is 0 Å². The van der Waals surface area contributed by atoms with E-state index in [0.29, 0.717) is 6.04 Å². The van der Waals surface area contributed by atoms with Crippen LogP contribution in [0, 0.1) is 5.41 Å². The Labute approximate surface area is 109 Å². The Balaban J connectivity index is 2.09. The minimum Gasteiger partial charge on any atom is -0.330 e. The van der Waals surface area contributed by atoms with Gasteiger partial charge < -0.3 is 5.73 Å². The maximum absolute atomic E-state index is 5.83. The van der Waals surface area contributed by atoms with Crippen LogP contribution in [0.25, 0.3) is 0 Å². The molecule has 0 radical (unpaired) electrons. The van der Waals surface area contributed by atoms with Gasteiger partial charge >= 0.3 is 0 Å². The molecule has 0 spiro atoms. The van der Waals surface area contributed by atoms with Gasteiger partial charge in [0, 0.05) is 17.5 Å². The number of nitrogens with zero attached hydrogens (tertiary/aromatic N) is 1. The molecule has 2 N–H and O–H groups in total. The zero-order valence-corrected chi connectivity index (χ0v) is 12.0. The van der Waals surface area contributed by atoms with E-state index in [1.165, 1.54) is 19.3 Å². The molecular weight excluding hydrogens is 228 g/mol. The van der Waals surface area contributed by atoms with Gasteiger partial charge in [-0.1, -0.05) is 13.8 Å². The topological polar surface area (TPSA) is 29.3 Å². The van der Waals surface area contributed by atoms with E-state index in [-0.39, 0.29) is 5.41 Å². The Bertz CT molecular complexity index is 370. The Morgan fingerprint density at radius 2 is 2.29 bits per heavy atom. The van der Waals surface area contributed by atoms with Crippen LogP contribution in [0.5, 0.6) is 0 Å². The van der Waals surface area contributed by atoms with Gasteiger partial charge in [0.1, 0.15) is 0 Å². The molecule has 1 heterocycles. The van der Waals surface area contributed by atoms with Crippen molar-refractivity contribution in [1.29, 1.82) is 0 Å². The summed E-state index contributed by atoms with van der Waals surface area (Å²) in [7, 11) is 2.24. The van der Waals surface area contributed by atoms with Gasteiger partial charge in [-0.3, -0.25) is 4.90 Å². The molecule has 2 rings (SSSR count). The molecule has 3 heteroatoms. The Morgan fingerprint density at radius 1 is 1.53 bits per heavy atom. The highest BCUT2D eigenvalue weighted by atomic mass is 32.1. The van der Waals surface area contributed by atoms with Gasteiger partial charge in [-0.2, -0.15) is 0 Å². The van der Waals surface area contributed by atoms with Gasteiger partial charge in [0.15, 0.2) is 0 Å². The van der Waals surface area contributed by atoms with Gasteiger partial charge in [-0.05, 0) is 55.3 Å². The van der Waals surface area contributed by atoms with Gasteiger partial charge in [0.25, 0.3) is 0 Å². The largest absolute Gasteiger partial charge is 0.330 e. The lowest BCUT2D eigenvalue weighted by molar-refractivity contribution is 0.152. The van der Waals surface area contributed by atoms with E-state index in [2.05, 4.69) is 37.2 Å². The fourth-order valence-corrected chi connectivity index (χ4v) is 3.75. The predicted molar refractivity (Wildman–Crippen MR) is 75.5 cm³/mol. The van der Waals surface area contributed by atoms with E-state index in [4.69, 9.17) is 5.73 Å². The molecule has 0 aliphatic heterocycles. The molecule has 1 aromatic heterocycles. The predicted octanol–water partition coefficient (Wildman–Crippen LogP) is 3.04. The molecule has 0 bridgehead atoms. The Morgan fingerprint density at radius 3 is 3.00 bits per heavy atom. The van der Waals surface area contributed by atoms with Crippen molar-refractivity contribution in [2.45, 2.75) is 39.2 Å². The molecule has 17 heavy (non-hydrogen) atoms. The third-order valence-corrected chi connectivity index (χ3v) is 4.78. The average Bonchev–Trinajstić information content (AvgIpc) is 2.76. The number of aryl methyl sites for hydroxylation is 1. The fourth-order valence-electron chi connectivity index (χ4n) is 2.77. The summed E-state index contributed by atoms with van der Waals surface area (Å²) < 4.78 is 0.